The molecule has 0 aromatic carbocycles. The van der Waals surface area contributed by atoms with Gasteiger partial charge in [0.05, 0.1) is 0 Å². The van der Waals surface area contributed by atoms with Crippen molar-refractivity contribution in [2.75, 3.05) is 6.54 Å². The molecule has 9 nitrogen and oxygen atoms in total. The monoisotopic (exact) mass is 438 g/mol. The summed E-state index contributed by atoms with van der Waals surface area (Å²) >= 11 is 0. The molecule has 31 heavy (non-hydrogen) atoms. The van der Waals surface area contributed by atoms with Gasteiger partial charge in [0.15, 0.2) is 18.0 Å². The number of likely N-dealkylation sites (tertiary alicyclic amines) is 1. The zero-order valence-corrected chi connectivity index (χ0v) is 18.7. The van der Waals surface area contributed by atoms with Crippen LogP contribution in [0, 0.1) is 17.8 Å². The zero-order chi connectivity index (χ0) is 23.3. The summed E-state index contributed by atoms with van der Waals surface area (Å²) in [5.41, 5.74) is 0. The number of nitrogens with one attached hydrogen (secondary N) is 1. The van der Waals surface area contributed by atoms with Crippen molar-refractivity contribution in [3.05, 3.63) is 0 Å². The van der Waals surface area contributed by atoms with Crippen LogP contribution in [0.1, 0.15) is 59.8 Å². The lowest BCUT2D eigenvalue weighted by atomic mass is 9.92. The molecule has 2 fully saturated rings. The molecule has 0 spiro atoms. The Morgan fingerprint density at radius 2 is 1.74 bits per heavy atom. The Balaban J connectivity index is 1.97. The molecule has 2 saturated heterocycles. The first kappa shape index (κ1) is 25.0. The van der Waals surface area contributed by atoms with Crippen molar-refractivity contribution in [1.82, 2.24) is 10.2 Å². The van der Waals surface area contributed by atoms with Gasteiger partial charge in [0.1, 0.15) is 18.4 Å². The standard InChI is InChI=1S/C22H34N2O7/c1-12(2)8-14(11-25)10-17(26)18-19(31-18)20(27)23-15(9-13(3)4)21(28)24-7-5-6-16(24)22(29)30/h11-16,18-19H,5-10H2,1-4H3,(H,23,27)(H,29,30)/t14-,15-,16+,18-,19+/m1/s1. The molecule has 2 aliphatic heterocycles. The van der Waals surface area contributed by atoms with E-state index in [4.69, 9.17) is 4.74 Å². The maximum atomic E-state index is 13.0. The minimum absolute atomic E-state index is 0.0263. The van der Waals surface area contributed by atoms with E-state index in [0.717, 1.165) is 6.29 Å². The van der Waals surface area contributed by atoms with Crippen LogP contribution in [0.4, 0.5) is 0 Å². The quantitative estimate of drug-likeness (QED) is 0.345. The van der Waals surface area contributed by atoms with Crippen LogP contribution in [0.25, 0.3) is 0 Å². The van der Waals surface area contributed by atoms with E-state index in [0.29, 0.717) is 32.2 Å². The van der Waals surface area contributed by atoms with E-state index in [-0.39, 0.29) is 24.0 Å². The second-order valence-electron chi connectivity index (χ2n) is 9.39. The van der Waals surface area contributed by atoms with Crippen molar-refractivity contribution in [3.8, 4) is 0 Å². The molecule has 174 valence electrons. The molecule has 2 rings (SSSR count). The normalized spacial score (nSPS) is 24.7. The number of rotatable bonds is 12. The molecule has 0 aliphatic carbocycles. The fourth-order valence-corrected chi connectivity index (χ4v) is 4.16. The number of nitrogens with zero attached hydrogens (tertiary/aromatic N) is 1. The number of hydrogen-bond donors (Lipinski definition) is 2. The topological polar surface area (TPSA) is 133 Å². The number of carbonyl (C=O) groups is 5. The third-order valence-electron chi connectivity index (χ3n) is 5.64. The van der Waals surface area contributed by atoms with Crippen LogP contribution < -0.4 is 5.32 Å². The summed E-state index contributed by atoms with van der Waals surface area (Å²) in [4.78, 5) is 62.0. The average Bonchev–Trinajstić information content (AvgIpc) is 3.33. The van der Waals surface area contributed by atoms with Gasteiger partial charge in [0.25, 0.3) is 5.91 Å². The number of aldehydes is 1. The SMILES string of the molecule is CC(C)C[C@@H](C=O)CC(=O)[C@H]1O[C@@H]1C(=O)N[C@H](CC(C)C)C(=O)N1CCC[C@H]1C(=O)O. The summed E-state index contributed by atoms with van der Waals surface area (Å²) in [5, 5.41) is 12.0. The van der Waals surface area contributed by atoms with Gasteiger partial charge in [-0.15, -0.1) is 0 Å². The summed E-state index contributed by atoms with van der Waals surface area (Å²) in [6, 6.07) is -1.76. The van der Waals surface area contributed by atoms with Crippen molar-refractivity contribution in [2.24, 2.45) is 17.8 Å². The number of carbonyl (C=O) groups excluding carboxylic acids is 4. The van der Waals surface area contributed by atoms with E-state index < -0.39 is 48.0 Å². The molecule has 2 N–H and O–H groups in total. The van der Waals surface area contributed by atoms with E-state index in [9.17, 15) is 29.1 Å². The van der Waals surface area contributed by atoms with Crippen LogP contribution in [0.5, 0.6) is 0 Å². The first-order chi connectivity index (χ1) is 14.5. The fraction of sp³-hybridized carbons (Fsp3) is 0.773. The summed E-state index contributed by atoms with van der Waals surface area (Å²) < 4.78 is 5.26. The van der Waals surface area contributed by atoms with Crippen molar-refractivity contribution in [1.29, 1.82) is 0 Å². The molecule has 2 aliphatic rings. The Hall–Kier alpha value is -2.29. The number of ketones is 1. The molecule has 5 atom stereocenters. The van der Waals surface area contributed by atoms with Crippen LogP contribution in [-0.4, -0.2) is 70.7 Å². The molecule has 0 bridgehead atoms. The maximum absolute atomic E-state index is 13.0. The second kappa shape index (κ2) is 10.8. The van der Waals surface area contributed by atoms with Crippen LogP contribution in [0.15, 0.2) is 0 Å². The lowest BCUT2D eigenvalue weighted by Gasteiger charge is -2.28. The number of epoxide rings is 1. The van der Waals surface area contributed by atoms with Crippen molar-refractivity contribution >= 4 is 29.9 Å². The summed E-state index contributed by atoms with van der Waals surface area (Å²) in [7, 11) is 0. The van der Waals surface area contributed by atoms with Gasteiger partial charge >= 0.3 is 5.97 Å². The molecule has 2 amide bonds. The van der Waals surface area contributed by atoms with Crippen LogP contribution in [0.3, 0.4) is 0 Å². The lowest BCUT2D eigenvalue weighted by Crippen LogP contribution is -2.53. The van der Waals surface area contributed by atoms with Gasteiger partial charge < -0.3 is 24.9 Å². The van der Waals surface area contributed by atoms with Gasteiger partial charge in [-0.1, -0.05) is 27.7 Å². The highest BCUT2D eigenvalue weighted by atomic mass is 16.6. The number of carboxylic acids is 1. The van der Waals surface area contributed by atoms with Crippen LogP contribution in [-0.2, 0) is 28.7 Å². The van der Waals surface area contributed by atoms with Crippen LogP contribution in [0.2, 0.25) is 0 Å². The minimum atomic E-state index is -1.05. The summed E-state index contributed by atoms with van der Waals surface area (Å²) in [6.07, 6.45) is 0.838. The molecular formula is C22H34N2O7. The predicted molar refractivity (Wildman–Crippen MR) is 111 cm³/mol. The summed E-state index contributed by atoms with van der Waals surface area (Å²) in [6.45, 7) is 8.07. The van der Waals surface area contributed by atoms with Crippen molar-refractivity contribution in [2.45, 2.75) is 84.1 Å². The zero-order valence-electron chi connectivity index (χ0n) is 18.7. The van der Waals surface area contributed by atoms with Crippen molar-refractivity contribution in [3.63, 3.8) is 0 Å². The number of Topliss-reactive ketones (excluding diaryl/α,β-unsaturated/α-hetero) is 1. The Labute approximate surface area is 182 Å². The first-order valence-electron chi connectivity index (χ1n) is 11.0. The number of carboxylic acid groups (broad SMARTS) is 1. The van der Waals surface area contributed by atoms with Crippen molar-refractivity contribution < 1.29 is 33.8 Å². The molecule has 0 aromatic rings. The van der Waals surface area contributed by atoms with E-state index in [1.807, 2.05) is 27.7 Å². The Kier molecular flexibility index (Phi) is 8.73. The van der Waals surface area contributed by atoms with E-state index in [2.05, 4.69) is 5.32 Å². The first-order valence-corrected chi connectivity index (χ1v) is 11.0. The molecule has 9 heteroatoms. The lowest BCUT2D eigenvalue weighted by molar-refractivity contribution is -0.149. The van der Waals surface area contributed by atoms with E-state index in [1.165, 1.54) is 4.90 Å². The number of ether oxygens (including phenoxy) is 1. The highest BCUT2D eigenvalue weighted by Gasteiger charge is 2.51. The van der Waals surface area contributed by atoms with E-state index >= 15 is 0 Å². The van der Waals surface area contributed by atoms with Gasteiger partial charge in [0, 0.05) is 18.9 Å². The average molecular weight is 439 g/mol. The third kappa shape index (κ3) is 6.85. The maximum Gasteiger partial charge on any atom is 0.326 e. The Bertz CT molecular complexity index is 706. The predicted octanol–water partition coefficient (Wildman–Crippen LogP) is 1.18. The molecule has 0 radical (unpaired) electrons. The fourth-order valence-electron chi connectivity index (χ4n) is 4.16. The molecule has 0 aromatic heterocycles. The largest absolute Gasteiger partial charge is 0.480 e. The Morgan fingerprint density at radius 3 is 2.29 bits per heavy atom. The van der Waals surface area contributed by atoms with Gasteiger partial charge in [-0.2, -0.15) is 0 Å². The third-order valence-corrected chi connectivity index (χ3v) is 5.64. The highest BCUT2D eigenvalue weighted by molar-refractivity contribution is 5.98. The molecule has 0 saturated carbocycles. The highest BCUT2D eigenvalue weighted by Crippen LogP contribution is 2.28. The smallest absolute Gasteiger partial charge is 0.326 e. The Morgan fingerprint density at radius 1 is 1.10 bits per heavy atom. The van der Waals surface area contributed by atoms with Gasteiger partial charge in [-0.3, -0.25) is 14.4 Å². The molecule has 2 heterocycles. The number of hydrogen-bond acceptors (Lipinski definition) is 6. The van der Waals surface area contributed by atoms with Crippen LogP contribution >= 0.6 is 0 Å². The number of aliphatic carboxylic acids is 1. The van der Waals surface area contributed by atoms with Gasteiger partial charge in [-0.25, -0.2) is 4.79 Å². The van der Waals surface area contributed by atoms with Gasteiger partial charge in [-0.05, 0) is 37.5 Å². The van der Waals surface area contributed by atoms with Gasteiger partial charge in [0.2, 0.25) is 5.91 Å². The van der Waals surface area contributed by atoms with E-state index in [1.54, 1.807) is 0 Å². The minimum Gasteiger partial charge on any atom is -0.480 e. The summed E-state index contributed by atoms with van der Waals surface area (Å²) in [5.74, 6) is -2.38. The second-order valence-corrected chi connectivity index (χ2v) is 9.39. The molecular weight excluding hydrogens is 404 g/mol. The molecule has 0 unspecified atom stereocenters. The number of amides is 2.